The molecule has 1 saturated heterocycles. The van der Waals surface area contributed by atoms with Gasteiger partial charge in [0.15, 0.2) is 0 Å². The normalized spacial score (nSPS) is 22.5. The van der Waals surface area contributed by atoms with Gasteiger partial charge in [-0.3, -0.25) is 0 Å². The number of nitrogens with zero attached hydrogens (tertiary/aromatic N) is 1. The molecule has 0 spiro atoms. The van der Waals surface area contributed by atoms with Crippen molar-refractivity contribution in [3.8, 4) is 0 Å². The molecule has 0 aliphatic carbocycles. The molecule has 4 heteroatoms. The molecular weight excluding hydrogens is 130 g/mol. The van der Waals surface area contributed by atoms with Crippen LogP contribution in [0.5, 0.6) is 0 Å². The smallest absolute Gasteiger partial charge is 0.348 e. The third-order valence-corrected chi connectivity index (χ3v) is 1.93. The summed E-state index contributed by atoms with van der Waals surface area (Å²) in [6.07, 6.45) is 2.35. The van der Waals surface area contributed by atoms with Crippen molar-refractivity contribution in [2.75, 3.05) is 20.1 Å². The van der Waals surface area contributed by atoms with Crippen LogP contribution in [0.25, 0.3) is 0 Å². The Balaban J connectivity index is 2.43. The minimum absolute atomic E-state index is 0.426. The van der Waals surface area contributed by atoms with Crippen molar-refractivity contribution in [3.05, 3.63) is 0 Å². The number of hydrogen-bond acceptors (Lipinski definition) is 1. The molecule has 10 heavy (non-hydrogen) atoms. The zero-order valence-electron chi connectivity index (χ0n) is 6.26. The van der Waals surface area contributed by atoms with Crippen LogP contribution < -0.4 is 11.2 Å². The number of amides is 2. The number of nitrogens with one attached hydrogen (secondary N) is 1. The van der Waals surface area contributed by atoms with E-state index in [1.807, 2.05) is 7.05 Å². The third-order valence-electron chi connectivity index (χ3n) is 1.93. The Morgan fingerprint density at radius 2 is 2.00 bits per heavy atom. The lowest BCUT2D eigenvalue weighted by atomic mass is 10.4. The van der Waals surface area contributed by atoms with Gasteiger partial charge in [0.2, 0.25) is 0 Å². The van der Waals surface area contributed by atoms with Gasteiger partial charge in [-0.05, 0) is 0 Å². The highest BCUT2D eigenvalue weighted by molar-refractivity contribution is 5.70. The zero-order chi connectivity index (χ0) is 7.61. The zero-order valence-corrected chi connectivity index (χ0v) is 6.26. The lowest BCUT2D eigenvalue weighted by molar-refractivity contribution is -0.931. The summed E-state index contributed by atoms with van der Waals surface area (Å²) in [4.78, 5) is 10.5. The molecule has 0 unspecified atom stereocenters. The molecule has 0 aromatic heterocycles. The second-order valence-corrected chi connectivity index (χ2v) is 3.03. The van der Waals surface area contributed by atoms with Crippen LogP contribution in [-0.4, -0.2) is 30.8 Å². The molecule has 0 atom stereocenters. The van der Waals surface area contributed by atoms with Crippen molar-refractivity contribution in [2.45, 2.75) is 12.8 Å². The number of likely N-dealkylation sites (tertiary alicyclic amines) is 1. The molecule has 1 fully saturated rings. The molecule has 0 aromatic rings. The number of nitrogens with two attached hydrogens (primary N) is 1. The predicted octanol–water partition coefficient (Wildman–Crippen LogP) is -0.190. The van der Waals surface area contributed by atoms with E-state index in [1.54, 1.807) is 0 Å². The summed E-state index contributed by atoms with van der Waals surface area (Å²) in [5.74, 6) is 0. The lowest BCUT2D eigenvalue weighted by Crippen LogP contribution is -2.56. The van der Waals surface area contributed by atoms with Gasteiger partial charge in [-0.25, -0.2) is 9.39 Å². The minimum Gasteiger partial charge on any atom is -0.348 e. The third kappa shape index (κ3) is 1.60. The van der Waals surface area contributed by atoms with Gasteiger partial charge in [0.05, 0.1) is 7.05 Å². The fourth-order valence-corrected chi connectivity index (χ4v) is 1.41. The first-order chi connectivity index (χ1) is 4.62. The van der Waals surface area contributed by atoms with Crippen molar-refractivity contribution in [2.24, 2.45) is 5.73 Å². The molecule has 0 saturated carbocycles. The van der Waals surface area contributed by atoms with Gasteiger partial charge in [0.25, 0.3) is 0 Å². The molecule has 1 rings (SSSR count). The first-order valence-corrected chi connectivity index (χ1v) is 3.55. The second kappa shape index (κ2) is 2.46. The number of urea groups is 1. The molecule has 0 aromatic carbocycles. The van der Waals surface area contributed by atoms with Crippen molar-refractivity contribution >= 4 is 6.03 Å². The van der Waals surface area contributed by atoms with E-state index in [-0.39, 0.29) is 0 Å². The van der Waals surface area contributed by atoms with Gasteiger partial charge in [-0.15, -0.1) is 0 Å². The Bertz CT molecular complexity index is 140. The summed E-state index contributed by atoms with van der Waals surface area (Å²) >= 11 is 0. The standard InChI is InChI=1S/C6H13N3O/c1-9(8-6(7)10)4-2-3-5-9/h2-5H2,1H3,(H2-,7,8,10)/p+1. The molecule has 1 heterocycles. The van der Waals surface area contributed by atoms with Crippen molar-refractivity contribution in [1.29, 1.82) is 0 Å². The summed E-state index contributed by atoms with van der Waals surface area (Å²) in [7, 11) is 1.98. The van der Waals surface area contributed by atoms with Crippen LogP contribution in [0.4, 0.5) is 4.79 Å². The molecule has 1 aliphatic heterocycles. The monoisotopic (exact) mass is 144 g/mol. The Labute approximate surface area is 60.5 Å². The highest BCUT2D eigenvalue weighted by Crippen LogP contribution is 2.11. The largest absolute Gasteiger partial charge is 0.356 e. The van der Waals surface area contributed by atoms with Crippen LogP contribution in [-0.2, 0) is 0 Å². The Kier molecular flexibility index (Phi) is 1.80. The van der Waals surface area contributed by atoms with Gasteiger partial charge in [0, 0.05) is 12.8 Å². The minimum atomic E-state index is -0.426. The number of primary amides is 1. The van der Waals surface area contributed by atoms with Crippen LogP contribution in [0.2, 0.25) is 0 Å². The number of carbonyl (C=O) groups excluding carboxylic acids is 1. The van der Waals surface area contributed by atoms with Crippen LogP contribution in [0.15, 0.2) is 0 Å². The van der Waals surface area contributed by atoms with E-state index in [0.29, 0.717) is 4.59 Å². The van der Waals surface area contributed by atoms with E-state index >= 15 is 0 Å². The number of carbonyl (C=O) groups is 1. The fourth-order valence-electron chi connectivity index (χ4n) is 1.41. The van der Waals surface area contributed by atoms with E-state index in [0.717, 1.165) is 13.1 Å². The van der Waals surface area contributed by atoms with E-state index in [1.165, 1.54) is 12.8 Å². The Hall–Kier alpha value is -0.770. The molecule has 0 bridgehead atoms. The Morgan fingerprint density at radius 1 is 1.50 bits per heavy atom. The molecule has 58 valence electrons. The lowest BCUT2D eigenvalue weighted by Gasteiger charge is -2.26. The second-order valence-electron chi connectivity index (χ2n) is 3.03. The maximum atomic E-state index is 10.5. The van der Waals surface area contributed by atoms with Gasteiger partial charge >= 0.3 is 6.03 Å². The van der Waals surface area contributed by atoms with Gasteiger partial charge < -0.3 is 5.73 Å². The summed E-state index contributed by atoms with van der Waals surface area (Å²) in [6.45, 7) is 2.01. The maximum Gasteiger partial charge on any atom is 0.356 e. The summed E-state index contributed by atoms with van der Waals surface area (Å²) < 4.78 is 0.606. The molecular formula is C6H14N3O+. The molecule has 2 amide bonds. The summed E-state index contributed by atoms with van der Waals surface area (Å²) in [5, 5.41) is 0. The van der Waals surface area contributed by atoms with Crippen molar-refractivity contribution in [3.63, 3.8) is 0 Å². The molecule has 4 nitrogen and oxygen atoms in total. The van der Waals surface area contributed by atoms with Gasteiger partial charge in [-0.2, -0.15) is 5.43 Å². The number of rotatable bonds is 1. The summed E-state index contributed by atoms with van der Waals surface area (Å²) in [5.41, 5.74) is 7.69. The van der Waals surface area contributed by atoms with Crippen LogP contribution >= 0.6 is 0 Å². The highest BCUT2D eigenvalue weighted by Gasteiger charge is 2.28. The summed E-state index contributed by atoms with van der Waals surface area (Å²) in [6, 6.07) is -0.426. The van der Waals surface area contributed by atoms with Gasteiger partial charge in [-0.1, -0.05) is 0 Å². The topological polar surface area (TPSA) is 55.1 Å². The SMILES string of the molecule is C[N+]1(NC(N)=O)CCCC1. The quantitative estimate of drug-likeness (QED) is 0.492. The van der Waals surface area contributed by atoms with Crippen LogP contribution in [0.1, 0.15) is 12.8 Å². The molecule has 0 radical (unpaired) electrons. The van der Waals surface area contributed by atoms with Gasteiger partial charge in [0.1, 0.15) is 13.1 Å². The molecule has 1 aliphatic rings. The molecule has 3 N–H and O–H groups in total. The maximum absolute atomic E-state index is 10.5. The number of quaternary nitrogens is 1. The van der Waals surface area contributed by atoms with E-state index in [9.17, 15) is 4.79 Å². The van der Waals surface area contributed by atoms with E-state index < -0.39 is 6.03 Å². The number of hydrogen-bond donors (Lipinski definition) is 2. The Morgan fingerprint density at radius 3 is 2.40 bits per heavy atom. The first kappa shape index (κ1) is 7.34. The van der Waals surface area contributed by atoms with E-state index in [2.05, 4.69) is 5.43 Å². The van der Waals surface area contributed by atoms with Crippen LogP contribution in [0, 0.1) is 0 Å². The predicted molar refractivity (Wildman–Crippen MR) is 37.9 cm³/mol. The van der Waals surface area contributed by atoms with Crippen molar-refractivity contribution in [1.82, 2.24) is 5.43 Å². The van der Waals surface area contributed by atoms with Crippen molar-refractivity contribution < 1.29 is 9.39 Å². The highest BCUT2D eigenvalue weighted by atomic mass is 16.2. The van der Waals surface area contributed by atoms with Crippen LogP contribution in [0.3, 0.4) is 0 Å². The fraction of sp³-hybridized carbons (Fsp3) is 0.833. The van der Waals surface area contributed by atoms with E-state index in [4.69, 9.17) is 5.73 Å². The average molecular weight is 144 g/mol. The first-order valence-electron chi connectivity index (χ1n) is 3.55. The average Bonchev–Trinajstić information content (AvgIpc) is 2.12.